The minimum Gasteiger partial charge on any atom is -0.356 e. The normalized spacial score (nSPS) is 21.0. The van der Waals surface area contributed by atoms with E-state index in [9.17, 15) is 13.2 Å². The standard InChI is InChI=1S/C21H31ClN2O3S.2CH4/c22-19-9-6-10-20(15-19)28(26,27)24-14-12-17(16-24)11-13-23-21(25)18-7-4-2-1-3-5-8-18;;/h6,9-10,15,17-18H,1-5,7-8,11-14,16H2,(H,23,25);2*1H4. The van der Waals surface area contributed by atoms with Crippen LogP contribution >= 0.6 is 11.6 Å². The topological polar surface area (TPSA) is 66.5 Å². The molecule has 1 amide bonds. The average Bonchev–Trinajstić information content (AvgIpc) is 3.11. The van der Waals surface area contributed by atoms with Gasteiger partial charge in [0, 0.05) is 30.6 Å². The van der Waals surface area contributed by atoms with Crippen LogP contribution in [0.2, 0.25) is 5.02 Å². The molecule has 0 radical (unpaired) electrons. The van der Waals surface area contributed by atoms with Gasteiger partial charge in [-0.3, -0.25) is 4.79 Å². The molecule has 1 N–H and O–H groups in total. The van der Waals surface area contributed by atoms with E-state index in [1.807, 2.05) is 0 Å². The first-order valence-electron chi connectivity index (χ1n) is 10.5. The molecule has 3 rings (SSSR count). The molecule has 1 saturated heterocycles. The molecule has 2 aliphatic rings. The SMILES string of the molecule is C.C.O=C(NCCC1CCN(S(=O)(=O)c2cccc(Cl)c2)C1)C1CCCCCCC1. The van der Waals surface area contributed by atoms with E-state index in [4.69, 9.17) is 11.6 Å². The van der Waals surface area contributed by atoms with E-state index in [0.29, 0.717) is 24.7 Å². The smallest absolute Gasteiger partial charge is 0.243 e. The molecule has 0 spiro atoms. The van der Waals surface area contributed by atoms with Crippen LogP contribution in [0.5, 0.6) is 0 Å². The van der Waals surface area contributed by atoms with Crippen LogP contribution in [0.15, 0.2) is 29.2 Å². The van der Waals surface area contributed by atoms with Gasteiger partial charge in [0.15, 0.2) is 0 Å². The van der Waals surface area contributed by atoms with E-state index in [1.165, 1.54) is 25.3 Å². The second-order valence-corrected chi connectivity index (χ2v) is 10.5. The molecule has 0 bridgehead atoms. The zero-order valence-electron chi connectivity index (χ0n) is 16.4. The highest BCUT2D eigenvalue weighted by molar-refractivity contribution is 7.89. The van der Waals surface area contributed by atoms with E-state index in [0.717, 1.165) is 38.5 Å². The fraction of sp³-hybridized carbons (Fsp3) is 0.696. The van der Waals surface area contributed by atoms with E-state index in [-0.39, 0.29) is 37.5 Å². The first-order valence-corrected chi connectivity index (χ1v) is 12.3. The van der Waals surface area contributed by atoms with E-state index in [2.05, 4.69) is 5.32 Å². The van der Waals surface area contributed by atoms with Crippen LogP contribution in [-0.4, -0.2) is 38.3 Å². The molecule has 1 aromatic carbocycles. The summed E-state index contributed by atoms with van der Waals surface area (Å²) in [5.41, 5.74) is 0. The van der Waals surface area contributed by atoms with E-state index < -0.39 is 10.0 Å². The molecule has 1 aliphatic carbocycles. The number of carbonyl (C=O) groups is 1. The number of rotatable bonds is 6. The molecule has 0 aromatic heterocycles. The largest absolute Gasteiger partial charge is 0.356 e. The number of amides is 1. The maximum Gasteiger partial charge on any atom is 0.243 e. The van der Waals surface area contributed by atoms with Crippen molar-refractivity contribution >= 4 is 27.5 Å². The number of nitrogens with one attached hydrogen (secondary N) is 1. The highest BCUT2D eigenvalue weighted by atomic mass is 35.5. The van der Waals surface area contributed by atoms with Gasteiger partial charge in [-0.1, -0.05) is 64.6 Å². The van der Waals surface area contributed by atoms with Crippen LogP contribution in [0.3, 0.4) is 0 Å². The number of carbonyl (C=O) groups excluding carboxylic acids is 1. The first-order chi connectivity index (χ1) is 13.5. The van der Waals surface area contributed by atoms with Crippen molar-refractivity contribution in [3.8, 4) is 0 Å². The number of halogens is 1. The molecule has 30 heavy (non-hydrogen) atoms. The predicted octanol–water partition coefficient (Wildman–Crippen LogP) is 5.49. The van der Waals surface area contributed by atoms with Gasteiger partial charge in [-0.2, -0.15) is 4.31 Å². The van der Waals surface area contributed by atoms with Crippen LogP contribution in [-0.2, 0) is 14.8 Å². The Morgan fingerprint density at radius 1 is 1.07 bits per heavy atom. The van der Waals surface area contributed by atoms with Crippen molar-refractivity contribution in [2.24, 2.45) is 11.8 Å². The number of benzene rings is 1. The second kappa shape index (κ2) is 12.7. The van der Waals surface area contributed by atoms with Crippen molar-refractivity contribution in [3.63, 3.8) is 0 Å². The van der Waals surface area contributed by atoms with Crippen LogP contribution in [0.25, 0.3) is 0 Å². The molecule has 1 aromatic rings. The number of hydrogen-bond acceptors (Lipinski definition) is 3. The number of hydrogen-bond donors (Lipinski definition) is 1. The Kier molecular flexibility index (Phi) is 11.4. The second-order valence-electron chi connectivity index (χ2n) is 8.10. The van der Waals surface area contributed by atoms with Crippen molar-refractivity contribution in [3.05, 3.63) is 29.3 Å². The lowest BCUT2D eigenvalue weighted by molar-refractivity contribution is -0.125. The fourth-order valence-electron chi connectivity index (χ4n) is 4.29. The van der Waals surface area contributed by atoms with Crippen molar-refractivity contribution < 1.29 is 13.2 Å². The van der Waals surface area contributed by atoms with Crippen LogP contribution in [0, 0.1) is 11.8 Å². The molecule has 5 nitrogen and oxygen atoms in total. The van der Waals surface area contributed by atoms with Crippen LogP contribution < -0.4 is 5.32 Å². The van der Waals surface area contributed by atoms with Gasteiger partial charge in [-0.15, -0.1) is 0 Å². The number of nitrogens with zero attached hydrogens (tertiary/aromatic N) is 1. The molecular weight excluding hydrogens is 420 g/mol. The lowest BCUT2D eigenvalue weighted by Crippen LogP contribution is -2.33. The van der Waals surface area contributed by atoms with Gasteiger partial charge in [-0.05, 0) is 49.8 Å². The van der Waals surface area contributed by atoms with E-state index in [1.54, 1.807) is 22.5 Å². The van der Waals surface area contributed by atoms with Crippen molar-refractivity contribution in [2.45, 2.75) is 77.5 Å². The molecule has 1 aliphatic heterocycles. The third kappa shape index (κ3) is 7.24. The molecule has 7 heteroatoms. The monoisotopic (exact) mass is 458 g/mol. The highest BCUT2D eigenvalue weighted by Gasteiger charge is 2.32. The van der Waals surface area contributed by atoms with Gasteiger partial charge < -0.3 is 5.32 Å². The Balaban J connectivity index is 0.00000225. The minimum atomic E-state index is -3.50. The third-order valence-corrected chi connectivity index (χ3v) is 8.11. The first kappa shape index (κ1) is 26.9. The van der Waals surface area contributed by atoms with Gasteiger partial charge in [0.1, 0.15) is 0 Å². The van der Waals surface area contributed by atoms with Crippen molar-refractivity contribution in [1.29, 1.82) is 0 Å². The Labute approximate surface area is 188 Å². The van der Waals surface area contributed by atoms with Crippen LogP contribution in [0.1, 0.15) is 72.6 Å². The lowest BCUT2D eigenvalue weighted by atomic mass is 9.90. The summed E-state index contributed by atoms with van der Waals surface area (Å²) in [6.07, 6.45) is 9.73. The fourth-order valence-corrected chi connectivity index (χ4v) is 6.12. The highest BCUT2D eigenvalue weighted by Crippen LogP contribution is 2.27. The zero-order chi connectivity index (χ0) is 20.0. The van der Waals surface area contributed by atoms with Gasteiger partial charge in [0.05, 0.1) is 4.90 Å². The molecule has 1 saturated carbocycles. The third-order valence-electron chi connectivity index (χ3n) is 6.01. The van der Waals surface area contributed by atoms with Crippen molar-refractivity contribution in [1.82, 2.24) is 9.62 Å². The maximum atomic E-state index is 12.8. The van der Waals surface area contributed by atoms with Crippen LogP contribution in [0.4, 0.5) is 0 Å². The molecule has 1 atom stereocenters. The summed E-state index contributed by atoms with van der Waals surface area (Å²) in [7, 11) is -3.50. The minimum absolute atomic E-state index is 0. The maximum absolute atomic E-state index is 12.8. The predicted molar refractivity (Wildman–Crippen MR) is 125 cm³/mol. The van der Waals surface area contributed by atoms with Gasteiger partial charge in [0.2, 0.25) is 15.9 Å². The quantitative estimate of drug-likeness (QED) is 0.612. The number of sulfonamides is 1. The lowest BCUT2D eigenvalue weighted by Gasteiger charge is -2.20. The Hall–Kier alpha value is -1.11. The summed E-state index contributed by atoms with van der Waals surface area (Å²) in [6, 6.07) is 6.42. The molecule has 172 valence electrons. The summed E-state index contributed by atoms with van der Waals surface area (Å²) in [6.45, 7) is 1.66. The van der Waals surface area contributed by atoms with Gasteiger partial charge in [0.25, 0.3) is 0 Å². The average molecular weight is 459 g/mol. The molecule has 1 heterocycles. The van der Waals surface area contributed by atoms with E-state index >= 15 is 0 Å². The summed E-state index contributed by atoms with van der Waals surface area (Å²) >= 11 is 5.94. The van der Waals surface area contributed by atoms with Gasteiger partial charge >= 0.3 is 0 Å². The van der Waals surface area contributed by atoms with Gasteiger partial charge in [-0.25, -0.2) is 8.42 Å². The summed E-state index contributed by atoms with van der Waals surface area (Å²) in [4.78, 5) is 12.7. The Morgan fingerprint density at radius 2 is 1.73 bits per heavy atom. The summed E-state index contributed by atoms with van der Waals surface area (Å²) < 4.78 is 27.1. The zero-order valence-corrected chi connectivity index (χ0v) is 18.0. The summed E-state index contributed by atoms with van der Waals surface area (Å²) in [5.74, 6) is 0.624. The van der Waals surface area contributed by atoms with Crippen molar-refractivity contribution in [2.75, 3.05) is 19.6 Å². The summed E-state index contributed by atoms with van der Waals surface area (Å²) in [5, 5.41) is 3.52. The Morgan fingerprint density at radius 3 is 2.40 bits per heavy atom. The molecule has 2 fully saturated rings. The molecular formula is C23H39ClN2O3S. The Bertz CT molecular complexity index is 761. The molecule has 1 unspecified atom stereocenters.